The Bertz CT molecular complexity index is 201. The third kappa shape index (κ3) is 2.49. The van der Waals surface area contributed by atoms with Crippen molar-refractivity contribution < 1.29 is 5.11 Å². The van der Waals surface area contributed by atoms with Gasteiger partial charge in [-0.25, -0.2) is 0 Å². The molecule has 13 heavy (non-hydrogen) atoms. The summed E-state index contributed by atoms with van der Waals surface area (Å²) in [6, 6.07) is 0. The van der Waals surface area contributed by atoms with E-state index in [1.54, 1.807) is 0 Å². The molecular weight excluding hydrogens is 160 g/mol. The minimum atomic E-state index is 0.515. The normalized spacial score (nSPS) is 24.6. The number of aliphatic hydroxyl groups excluding tert-OH is 1. The van der Waals surface area contributed by atoms with Crippen molar-refractivity contribution in [2.75, 3.05) is 0 Å². The molecule has 1 heteroatoms. The Morgan fingerprint density at radius 1 is 1.23 bits per heavy atom. The summed E-state index contributed by atoms with van der Waals surface area (Å²) in [6.07, 6.45) is 3.18. The highest BCUT2D eigenvalue weighted by molar-refractivity contribution is 5.14. The Morgan fingerprint density at radius 3 is 2.31 bits per heavy atom. The molecule has 0 aromatic carbocycles. The van der Waals surface area contributed by atoms with Crippen LogP contribution in [-0.4, -0.2) is 5.11 Å². The second-order valence-corrected chi connectivity index (χ2v) is 4.87. The average molecular weight is 182 g/mol. The molecule has 1 aliphatic rings. The molecular formula is C12H22O. The monoisotopic (exact) mass is 182 g/mol. The van der Waals surface area contributed by atoms with E-state index in [9.17, 15) is 5.11 Å². The third-order valence-corrected chi connectivity index (χ3v) is 3.24. The van der Waals surface area contributed by atoms with Crippen LogP contribution in [0, 0.1) is 17.8 Å². The van der Waals surface area contributed by atoms with E-state index < -0.39 is 0 Å². The van der Waals surface area contributed by atoms with Crippen molar-refractivity contribution in [1.29, 1.82) is 0 Å². The minimum absolute atomic E-state index is 0.515. The van der Waals surface area contributed by atoms with E-state index in [4.69, 9.17) is 0 Å². The summed E-state index contributed by atoms with van der Waals surface area (Å²) in [6.45, 7) is 8.92. The van der Waals surface area contributed by atoms with Crippen molar-refractivity contribution in [3.8, 4) is 0 Å². The Hall–Kier alpha value is -0.460. The molecule has 0 heterocycles. The fourth-order valence-corrected chi connectivity index (χ4v) is 2.12. The van der Waals surface area contributed by atoms with Crippen LogP contribution in [0.5, 0.6) is 0 Å². The molecule has 1 unspecified atom stereocenters. The zero-order chi connectivity index (χ0) is 10.0. The molecule has 0 amide bonds. The quantitative estimate of drug-likeness (QED) is 0.686. The maximum absolute atomic E-state index is 9.72. The van der Waals surface area contributed by atoms with Crippen molar-refractivity contribution in [2.24, 2.45) is 17.8 Å². The van der Waals surface area contributed by atoms with Gasteiger partial charge in [0.1, 0.15) is 0 Å². The summed E-state index contributed by atoms with van der Waals surface area (Å²) >= 11 is 0. The predicted molar refractivity (Wildman–Crippen MR) is 56.7 cm³/mol. The second kappa shape index (κ2) is 4.17. The zero-order valence-corrected chi connectivity index (χ0v) is 9.30. The van der Waals surface area contributed by atoms with Gasteiger partial charge in [0.2, 0.25) is 0 Å². The summed E-state index contributed by atoms with van der Waals surface area (Å²) in [4.78, 5) is 0. The first-order valence-corrected chi connectivity index (χ1v) is 5.43. The van der Waals surface area contributed by atoms with Crippen LogP contribution in [0.15, 0.2) is 11.3 Å². The van der Waals surface area contributed by atoms with Crippen LogP contribution >= 0.6 is 0 Å². The van der Waals surface area contributed by atoms with Gasteiger partial charge in [-0.3, -0.25) is 0 Å². The summed E-state index contributed by atoms with van der Waals surface area (Å²) in [5.41, 5.74) is 1.30. The summed E-state index contributed by atoms with van der Waals surface area (Å²) in [7, 11) is 0. The lowest BCUT2D eigenvalue weighted by molar-refractivity contribution is 0.271. The highest BCUT2D eigenvalue weighted by atomic mass is 16.3. The van der Waals surface area contributed by atoms with E-state index >= 15 is 0 Å². The van der Waals surface area contributed by atoms with Crippen LogP contribution in [0.25, 0.3) is 0 Å². The molecule has 0 fully saturated rings. The van der Waals surface area contributed by atoms with Crippen molar-refractivity contribution in [1.82, 2.24) is 0 Å². The highest BCUT2D eigenvalue weighted by Gasteiger charge is 2.24. The first kappa shape index (κ1) is 10.6. The fraction of sp³-hybridized carbons (Fsp3) is 0.833. The third-order valence-electron chi connectivity index (χ3n) is 3.24. The van der Waals surface area contributed by atoms with Crippen molar-refractivity contribution >= 4 is 0 Å². The van der Waals surface area contributed by atoms with E-state index in [1.807, 2.05) is 0 Å². The van der Waals surface area contributed by atoms with Gasteiger partial charge in [0.25, 0.3) is 0 Å². The Balaban J connectivity index is 2.70. The summed E-state index contributed by atoms with van der Waals surface area (Å²) < 4.78 is 0. The van der Waals surface area contributed by atoms with E-state index in [-0.39, 0.29) is 0 Å². The maximum Gasteiger partial charge on any atom is 0.0917 e. The number of hydrogen-bond donors (Lipinski definition) is 1. The maximum atomic E-state index is 9.72. The fourth-order valence-electron chi connectivity index (χ4n) is 2.12. The van der Waals surface area contributed by atoms with E-state index in [0.717, 1.165) is 24.7 Å². The van der Waals surface area contributed by atoms with Gasteiger partial charge in [0, 0.05) is 6.42 Å². The van der Waals surface area contributed by atoms with Gasteiger partial charge < -0.3 is 5.11 Å². The Kier molecular flexibility index (Phi) is 3.40. The molecule has 1 atom stereocenters. The van der Waals surface area contributed by atoms with Gasteiger partial charge in [-0.05, 0) is 36.2 Å². The number of allylic oxidation sites excluding steroid dienone is 2. The lowest BCUT2D eigenvalue weighted by atomic mass is 9.78. The molecule has 1 N–H and O–H groups in total. The van der Waals surface area contributed by atoms with E-state index in [1.165, 1.54) is 12.0 Å². The Morgan fingerprint density at radius 2 is 1.85 bits per heavy atom. The van der Waals surface area contributed by atoms with Crippen LogP contribution < -0.4 is 0 Å². The van der Waals surface area contributed by atoms with E-state index in [2.05, 4.69) is 27.7 Å². The molecule has 0 aromatic rings. The van der Waals surface area contributed by atoms with Crippen molar-refractivity contribution in [3.63, 3.8) is 0 Å². The SMILES string of the molecule is CC(C)C1=C(O)CCC(C(C)C)C1. The van der Waals surface area contributed by atoms with Gasteiger partial charge >= 0.3 is 0 Å². The largest absolute Gasteiger partial charge is 0.512 e. The van der Waals surface area contributed by atoms with Crippen molar-refractivity contribution in [2.45, 2.75) is 47.0 Å². The molecule has 0 saturated heterocycles. The van der Waals surface area contributed by atoms with Crippen LogP contribution in [0.2, 0.25) is 0 Å². The van der Waals surface area contributed by atoms with Crippen molar-refractivity contribution in [3.05, 3.63) is 11.3 Å². The average Bonchev–Trinajstić information content (AvgIpc) is 2.04. The smallest absolute Gasteiger partial charge is 0.0917 e. The van der Waals surface area contributed by atoms with Gasteiger partial charge in [0.05, 0.1) is 5.76 Å². The molecule has 0 spiro atoms. The number of hydrogen-bond acceptors (Lipinski definition) is 1. The van der Waals surface area contributed by atoms with Gasteiger partial charge in [0.15, 0.2) is 0 Å². The first-order chi connectivity index (χ1) is 6.02. The number of rotatable bonds is 2. The lowest BCUT2D eigenvalue weighted by Crippen LogP contribution is -2.18. The standard InChI is InChI=1S/C12H22O/c1-8(2)10-5-6-12(13)11(7-10)9(3)4/h8-10,13H,5-7H2,1-4H3. The summed E-state index contributed by atoms with van der Waals surface area (Å²) in [5, 5.41) is 9.72. The molecule has 76 valence electrons. The summed E-state index contributed by atoms with van der Waals surface area (Å²) in [5.74, 6) is 2.73. The number of aliphatic hydroxyl groups is 1. The molecule has 0 aliphatic heterocycles. The molecule has 0 saturated carbocycles. The molecule has 1 rings (SSSR count). The van der Waals surface area contributed by atoms with Gasteiger partial charge in [-0.1, -0.05) is 27.7 Å². The van der Waals surface area contributed by atoms with Crippen LogP contribution in [0.4, 0.5) is 0 Å². The zero-order valence-electron chi connectivity index (χ0n) is 9.30. The predicted octanol–water partition coefficient (Wildman–Crippen LogP) is 3.91. The molecule has 1 aliphatic carbocycles. The lowest BCUT2D eigenvalue weighted by Gasteiger charge is -2.29. The molecule has 0 radical (unpaired) electrons. The first-order valence-electron chi connectivity index (χ1n) is 5.43. The van der Waals surface area contributed by atoms with Crippen LogP contribution in [0.1, 0.15) is 47.0 Å². The molecule has 0 aromatic heterocycles. The van der Waals surface area contributed by atoms with Crippen LogP contribution in [-0.2, 0) is 0 Å². The molecule has 0 bridgehead atoms. The second-order valence-electron chi connectivity index (χ2n) is 4.87. The topological polar surface area (TPSA) is 20.2 Å². The minimum Gasteiger partial charge on any atom is -0.512 e. The van der Waals surface area contributed by atoms with Gasteiger partial charge in [-0.2, -0.15) is 0 Å². The Labute approximate surface area is 81.9 Å². The van der Waals surface area contributed by atoms with Crippen LogP contribution in [0.3, 0.4) is 0 Å². The van der Waals surface area contributed by atoms with E-state index in [0.29, 0.717) is 11.7 Å². The molecule has 1 nitrogen and oxygen atoms in total. The highest BCUT2D eigenvalue weighted by Crippen LogP contribution is 2.35. The van der Waals surface area contributed by atoms with Gasteiger partial charge in [-0.15, -0.1) is 0 Å².